The molecule has 0 unspecified atom stereocenters. The zero-order valence-corrected chi connectivity index (χ0v) is 23.2. The summed E-state index contributed by atoms with van der Waals surface area (Å²) in [6.45, 7) is 6.79. The van der Waals surface area contributed by atoms with E-state index in [4.69, 9.17) is 4.74 Å². The summed E-state index contributed by atoms with van der Waals surface area (Å²) in [5.74, 6) is -0.549. The monoisotopic (exact) mass is 537 g/mol. The number of carbonyl (C=O) groups is 2. The summed E-state index contributed by atoms with van der Waals surface area (Å²) >= 11 is 0. The molecule has 0 aliphatic rings. The molecule has 0 radical (unpaired) electrons. The molecule has 3 rings (SSSR count). The van der Waals surface area contributed by atoms with Gasteiger partial charge in [-0.1, -0.05) is 60.2 Å². The highest BCUT2D eigenvalue weighted by atomic mass is 32.2. The number of aryl methyl sites for hydroxylation is 1. The summed E-state index contributed by atoms with van der Waals surface area (Å²) in [6, 6.07) is 21.4. The predicted octanol–water partition coefficient (Wildman–Crippen LogP) is 4.14. The topological polar surface area (TPSA) is 96.0 Å². The van der Waals surface area contributed by atoms with Gasteiger partial charge in [-0.15, -0.1) is 0 Å². The highest BCUT2D eigenvalue weighted by molar-refractivity contribution is 7.92. The highest BCUT2D eigenvalue weighted by Crippen LogP contribution is 2.32. The van der Waals surface area contributed by atoms with E-state index in [2.05, 4.69) is 5.32 Å². The Balaban J connectivity index is 2.06. The van der Waals surface area contributed by atoms with Crippen LogP contribution in [-0.2, 0) is 26.2 Å². The molecule has 0 bridgehead atoms. The number of hydrogen-bond acceptors (Lipinski definition) is 5. The minimum atomic E-state index is -4.16. The maximum absolute atomic E-state index is 13.9. The van der Waals surface area contributed by atoms with E-state index >= 15 is 0 Å². The first-order valence-corrected chi connectivity index (χ1v) is 13.8. The van der Waals surface area contributed by atoms with Crippen LogP contribution in [0.1, 0.15) is 31.9 Å². The molecular formula is C29H35N3O5S. The van der Waals surface area contributed by atoms with E-state index in [0.717, 1.165) is 15.4 Å². The Bertz CT molecular complexity index is 1340. The molecule has 1 N–H and O–H groups in total. The van der Waals surface area contributed by atoms with Gasteiger partial charge in [-0.25, -0.2) is 8.42 Å². The molecule has 0 saturated heterocycles. The van der Waals surface area contributed by atoms with Crippen LogP contribution in [0.2, 0.25) is 0 Å². The minimum Gasteiger partial charge on any atom is -0.495 e. The molecule has 0 aromatic heterocycles. The molecule has 3 aromatic carbocycles. The minimum absolute atomic E-state index is 0.0435. The summed E-state index contributed by atoms with van der Waals surface area (Å²) in [6.07, 6.45) is 0. The van der Waals surface area contributed by atoms with Crippen molar-refractivity contribution in [2.24, 2.45) is 0 Å². The number of nitrogens with one attached hydrogen (secondary N) is 1. The zero-order valence-electron chi connectivity index (χ0n) is 22.4. The Labute approximate surface area is 225 Å². The van der Waals surface area contributed by atoms with Crippen LogP contribution in [0.15, 0.2) is 83.8 Å². The van der Waals surface area contributed by atoms with Gasteiger partial charge in [0.15, 0.2) is 0 Å². The van der Waals surface area contributed by atoms with Gasteiger partial charge in [0.25, 0.3) is 10.0 Å². The SMILES string of the molecule is COc1ccccc1N(CC(=O)N(Cc1ccccc1)[C@@H](C)C(=O)NC(C)C)S(=O)(=O)c1ccc(C)cc1. The van der Waals surface area contributed by atoms with Gasteiger partial charge in [0, 0.05) is 12.6 Å². The molecule has 8 nitrogen and oxygen atoms in total. The first kappa shape index (κ1) is 28.7. The van der Waals surface area contributed by atoms with E-state index in [9.17, 15) is 18.0 Å². The molecule has 0 fully saturated rings. The van der Waals surface area contributed by atoms with Crippen molar-refractivity contribution >= 4 is 27.5 Å². The van der Waals surface area contributed by atoms with Gasteiger partial charge in [0.1, 0.15) is 18.3 Å². The molecule has 2 amide bonds. The van der Waals surface area contributed by atoms with Gasteiger partial charge >= 0.3 is 0 Å². The smallest absolute Gasteiger partial charge is 0.264 e. The van der Waals surface area contributed by atoms with Gasteiger partial charge < -0.3 is 15.0 Å². The number of ether oxygens (including phenoxy) is 1. The fourth-order valence-electron chi connectivity index (χ4n) is 3.95. The Hall–Kier alpha value is -3.85. The number of hydrogen-bond donors (Lipinski definition) is 1. The van der Waals surface area contributed by atoms with E-state index in [-0.39, 0.29) is 29.1 Å². The summed E-state index contributed by atoms with van der Waals surface area (Å²) in [5.41, 5.74) is 1.95. The number of carbonyl (C=O) groups excluding carboxylic acids is 2. The third-order valence-electron chi connectivity index (χ3n) is 6.04. The summed E-state index contributed by atoms with van der Waals surface area (Å²) in [7, 11) is -2.72. The third kappa shape index (κ3) is 6.92. The van der Waals surface area contributed by atoms with Crippen LogP contribution in [0.5, 0.6) is 5.75 Å². The van der Waals surface area contributed by atoms with Crippen molar-refractivity contribution in [2.45, 2.75) is 51.2 Å². The predicted molar refractivity (Wildman–Crippen MR) is 148 cm³/mol. The normalized spacial score (nSPS) is 12.1. The quantitative estimate of drug-likeness (QED) is 0.397. The van der Waals surface area contributed by atoms with E-state index in [1.807, 2.05) is 51.1 Å². The number of nitrogens with zero attached hydrogens (tertiary/aromatic N) is 2. The number of rotatable bonds is 11. The number of benzene rings is 3. The van der Waals surface area contributed by atoms with Crippen LogP contribution in [0.25, 0.3) is 0 Å². The second kappa shape index (κ2) is 12.6. The Morgan fingerprint density at radius 2 is 1.50 bits per heavy atom. The second-order valence-corrected chi connectivity index (χ2v) is 11.2. The van der Waals surface area contributed by atoms with Gasteiger partial charge in [-0.05, 0) is 57.5 Å². The van der Waals surface area contributed by atoms with E-state index in [1.54, 1.807) is 43.3 Å². The molecule has 0 heterocycles. The van der Waals surface area contributed by atoms with Crippen molar-refractivity contribution in [3.05, 3.63) is 90.0 Å². The maximum atomic E-state index is 13.9. The van der Waals surface area contributed by atoms with Gasteiger partial charge in [0.2, 0.25) is 11.8 Å². The molecule has 202 valence electrons. The number of sulfonamides is 1. The van der Waals surface area contributed by atoms with Gasteiger partial charge in [-0.3, -0.25) is 13.9 Å². The molecule has 0 aliphatic carbocycles. The maximum Gasteiger partial charge on any atom is 0.264 e. The molecule has 3 aromatic rings. The fraction of sp³-hybridized carbons (Fsp3) is 0.310. The van der Waals surface area contributed by atoms with Crippen molar-refractivity contribution < 1.29 is 22.7 Å². The van der Waals surface area contributed by atoms with E-state index in [1.165, 1.54) is 24.1 Å². The standard InChI is InChI=1S/C29H35N3O5S/c1-21(2)30-29(34)23(4)31(19-24-11-7-6-8-12-24)28(33)20-32(26-13-9-10-14-27(26)37-5)38(35,36)25-17-15-22(3)16-18-25/h6-18,21,23H,19-20H2,1-5H3,(H,30,34)/t23-/m0/s1. The van der Waals surface area contributed by atoms with Crippen LogP contribution in [-0.4, -0.2) is 50.9 Å². The average molecular weight is 538 g/mol. The van der Waals surface area contributed by atoms with Crippen molar-refractivity contribution in [1.82, 2.24) is 10.2 Å². The van der Waals surface area contributed by atoms with Crippen LogP contribution in [0, 0.1) is 6.92 Å². The van der Waals surface area contributed by atoms with Crippen LogP contribution in [0.4, 0.5) is 5.69 Å². The molecule has 0 spiro atoms. The number of para-hydroxylation sites is 2. The van der Waals surface area contributed by atoms with Gasteiger partial charge in [0.05, 0.1) is 17.7 Å². The lowest BCUT2D eigenvalue weighted by Gasteiger charge is -2.32. The van der Waals surface area contributed by atoms with Gasteiger partial charge in [-0.2, -0.15) is 0 Å². The molecular weight excluding hydrogens is 502 g/mol. The number of anilines is 1. The molecule has 38 heavy (non-hydrogen) atoms. The van der Waals surface area contributed by atoms with E-state index in [0.29, 0.717) is 5.75 Å². The Morgan fingerprint density at radius 3 is 2.11 bits per heavy atom. The third-order valence-corrected chi connectivity index (χ3v) is 7.81. The number of amides is 2. The van der Waals surface area contributed by atoms with Crippen molar-refractivity contribution in [2.75, 3.05) is 18.0 Å². The summed E-state index contributed by atoms with van der Waals surface area (Å²) in [5, 5.41) is 2.84. The van der Waals surface area contributed by atoms with E-state index < -0.39 is 28.5 Å². The Morgan fingerprint density at radius 1 is 0.895 bits per heavy atom. The first-order chi connectivity index (χ1) is 18.0. The lowest BCUT2D eigenvalue weighted by atomic mass is 10.1. The van der Waals surface area contributed by atoms with Crippen LogP contribution in [0.3, 0.4) is 0 Å². The summed E-state index contributed by atoms with van der Waals surface area (Å²) < 4.78 is 34.3. The van der Waals surface area contributed by atoms with Crippen molar-refractivity contribution in [3.63, 3.8) is 0 Å². The van der Waals surface area contributed by atoms with Crippen molar-refractivity contribution in [1.29, 1.82) is 0 Å². The molecule has 1 atom stereocenters. The number of methoxy groups -OCH3 is 1. The highest BCUT2D eigenvalue weighted by Gasteiger charge is 2.33. The lowest BCUT2D eigenvalue weighted by Crippen LogP contribution is -2.52. The van der Waals surface area contributed by atoms with Crippen molar-refractivity contribution in [3.8, 4) is 5.75 Å². The first-order valence-electron chi connectivity index (χ1n) is 12.4. The molecule has 0 saturated carbocycles. The largest absolute Gasteiger partial charge is 0.495 e. The fourth-order valence-corrected chi connectivity index (χ4v) is 5.38. The van der Waals surface area contributed by atoms with Crippen LogP contribution >= 0.6 is 0 Å². The lowest BCUT2D eigenvalue weighted by molar-refractivity contribution is -0.139. The second-order valence-electron chi connectivity index (χ2n) is 9.34. The zero-order chi connectivity index (χ0) is 27.9. The Kier molecular flexibility index (Phi) is 9.52. The molecule has 0 aliphatic heterocycles. The average Bonchev–Trinajstić information content (AvgIpc) is 2.90. The van der Waals surface area contributed by atoms with Crippen LogP contribution < -0.4 is 14.4 Å². The molecule has 9 heteroatoms. The summed E-state index contributed by atoms with van der Waals surface area (Å²) in [4.78, 5) is 28.3.